The van der Waals surface area contributed by atoms with Crippen LogP contribution in [0.5, 0.6) is 0 Å². The molecule has 2 bridgehead atoms. The van der Waals surface area contributed by atoms with Crippen LogP contribution in [0.15, 0.2) is 10.9 Å². The minimum Gasteiger partial charge on any atom is -0.344 e. The van der Waals surface area contributed by atoms with Gasteiger partial charge in [-0.1, -0.05) is 0 Å². The minimum atomic E-state index is -4.32. The van der Waals surface area contributed by atoms with E-state index in [0.717, 1.165) is 26.1 Å². The third-order valence-electron chi connectivity index (χ3n) is 5.08. The van der Waals surface area contributed by atoms with E-state index in [1.54, 1.807) is 0 Å². The van der Waals surface area contributed by atoms with Gasteiger partial charge in [0.25, 0.3) is 5.56 Å². The Morgan fingerprint density at radius 1 is 1.23 bits per heavy atom. The third-order valence-corrected chi connectivity index (χ3v) is 5.08. The number of rotatable bonds is 1. The second-order valence-corrected chi connectivity index (χ2v) is 6.44. The summed E-state index contributed by atoms with van der Waals surface area (Å²) in [5.74, 6) is 0.700. The molecule has 8 heteroatoms. The summed E-state index contributed by atoms with van der Waals surface area (Å²) in [5.41, 5.74) is 0.379. The predicted molar refractivity (Wildman–Crippen MR) is 73.9 cm³/mol. The van der Waals surface area contributed by atoms with Crippen LogP contribution in [0.25, 0.3) is 0 Å². The van der Waals surface area contributed by atoms with Crippen molar-refractivity contribution in [2.45, 2.75) is 37.5 Å². The summed E-state index contributed by atoms with van der Waals surface area (Å²) in [6.45, 7) is 2.98. The van der Waals surface area contributed by atoms with Gasteiger partial charge in [0.05, 0.1) is 5.69 Å². The number of aromatic nitrogens is 2. The number of nitrogens with zero attached hydrogens (tertiary/aromatic N) is 3. The molecule has 120 valence electrons. The van der Waals surface area contributed by atoms with Crippen LogP contribution in [0, 0.1) is 5.92 Å². The summed E-state index contributed by atoms with van der Waals surface area (Å²) in [6, 6.07) is -0.121. The Kier molecular flexibility index (Phi) is 3.01. The van der Waals surface area contributed by atoms with Crippen LogP contribution in [0.3, 0.4) is 0 Å². The summed E-state index contributed by atoms with van der Waals surface area (Å²) < 4.78 is 39.9. The number of piperidine rings is 1. The highest BCUT2D eigenvalue weighted by molar-refractivity contribution is 5.33. The van der Waals surface area contributed by atoms with E-state index in [9.17, 15) is 18.0 Å². The molecule has 3 aliphatic heterocycles. The van der Waals surface area contributed by atoms with E-state index in [-0.39, 0.29) is 30.4 Å². The zero-order valence-corrected chi connectivity index (χ0v) is 11.9. The van der Waals surface area contributed by atoms with Crippen LogP contribution in [0.2, 0.25) is 0 Å². The van der Waals surface area contributed by atoms with Crippen molar-refractivity contribution in [3.05, 3.63) is 22.1 Å². The zero-order chi connectivity index (χ0) is 15.5. The van der Waals surface area contributed by atoms with Gasteiger partial charge in [-0.25, -0.2) is 4.98 Å². The second-order valence-electron chi connectivity index (χ2n) is 6.44. The fourth-order valence-electron chi connectivity index (χ4n) is 3.89. The van der Waals surface area contributed by atoms with Crippen LogP contribution in [-0.4, -0.2) is 46.3 Å². The number of halogens is 3. The summed E-state index contributed by atoms with van der Waals surface area (Å²) in [5, 5.41) is 2.40. The van der Waals surface area contributed by atoms with E-state index in [1.807, 2.05) is 0 Å². The fraction of sp³-hybridized carbons (Fsp3) is 0.714. The normalized spacial score (nSPS) is 33.6. The summed E-state index contributed by atoms with van der Waals surface area (Å²) in [6.07, 6.45) is -3.39. The quantitative estimate of drug-likeness (QED) is 0.851. The number of nitrogens with one attached hydrogen (secondary N) is 1. The number of anilines is 1. The van der Waals surface area contributed by atoms with Crippen molar-refractivity contribution >= 4 is 5.95 Å². The summed E-state index contributed by atoms with van der Waals surface area (Å²) in [7, 11) is 0. The lowest BCUT2D eigenvalue weighted by Gasteiger charge is -2.30. The smallest absolute Gasteiger partial charge is 0.344 e. The molecule has 4 heterocycles. The molecule has 2 saturated heterocycles. The van der Waals surface area contributed by atoms with Crippen molar-refractivity contribution in [2.75, 3.05) is 25.0 Å². The van der Waals surface area contributed by atoms with E-state index in [1.165, 1.54) is 10.6 Å². The van der Waals surface area contributed by atoms with E-state index < -0.39 is 12.2 Å². The number of fused-ring (bicyclic) bond motifs is 3. The Bertz CT molecular complexity index is 656. The molecule has 4 atom stereocenters. The van der Waals surface area contributed by atoms with Gasteiger partial charge in [0.1, 0.15) is 6.04 Å². The molecule has 0 radical (unpaired) electrons. The Hall–Kier alpha value is -1.57. The van der Waals surface area contributed by atoms with Gasteiger partial charge in [0.15, 0.2) is 0 Å². The molecule has 4 rings (SSSR count). The minimum absolute atomic E-state index is 0.0544. The first-order valence-electron chi connectivity index (χ1n) is 7.59. The monoisotopic (exact) mass is 314 g/mol. The first-order valence-corrected chi connectivity index (χ1v) is 7.59. The van der Waals surface area contributed by atoms with E-state index in [4.69, 9.17) is 0 Å². The largest absolute Gasteiger partial charge is 0.408 e. The van der Waals surface area contributed by atoms with Crippen molar-refractivity contribution < 1.29 is 13.2 Å². The molecule has 22 heavy (non-hydrogen) atoms. The lowest BCUT2D eigenvalue weighted by atomic mass is 9.89. The standard InChI is InChI=1S/C14H17F3N4O/c15-14(16,17)11-2-4-21-12(22)5-10(18-13(21)19-11)9-7-20-3-1-8(9)6-20/h5,8-9,11H,1-4,6-7H2,(H,18,19). The maximum Gasteiger partial charge on any atom is 0.408 e. The molecule has 0 amide bonds. The average molecular weight is 314 g/mol. The Balaban J connectivity index is 1.67. The van der Waals surface area contributed by atoms with Gasteiger partial charge in [-0.2, -0.15) is 13.2 Å². The topological polar surface area (TPSA) is 50.2 Å². The summed E-state index contributed by atoms with van der Waals surface area (Å²) >= 11 is 0. The third kappa shape index (κ3) is 2.20. The predicted octanol–water partition coefficient (Wildman–Crippen LogP) is 1.41. The highest BCUT2D eigenvalue weighted by Gasteiger charge is 2.43. The number of hydrogen-bond donors (Lipinski definition) is 1. The maximum absolute atomic E-state index is 12.9. The highest BCUT2D eigenvalue weighted by atomic mass is 19.4. The van der Waals surface area contributed by atoms with Crippen molar-refractivity contribution in [3.63, 3.8) is 0 Å². The van der Waals surface area contributed by atoms with E-state index in [2.05, 4.69) is 15.2 Å². The Labute approximate surface area is 125 Å². The molecule has 1 aromatic heterocycles. The molecule has 4 unspecified atom stereocenters. The highest BCUT2D eigenvalue weighted by Crippen LogP contribution is 2.39. The van der Waals surface area contributed by atoms with Gasteiger partial charge in [-0.15, -0.1) is 0 Å². The molecular formula is C14H17F3N4O. The average Bonchev–Trinajstić information content (AvgIpc) is 3.08. The van der Waals surface area contributed by atoms with Gasteiger partial charge in [-0.05, 0) is 25.3 Å². The van der Waals surface area contributed by atoms with Gasteiger partial charge in [0, 0.05) is 31.6 Å². The van der Waals surface area contributed by atoms with Crippen molar-refractivity contribution in [3.8, 4) is 0 Å². The van der Waals surface area contributed by atoms with Crippen LogP contribution in [0.4, 0.5) is 19.1 Å². The number of alkyl halides is 3. The van der Waals surface area contributed by atoms with Crippen LogP contribution < -0.4 is 10.9 Å². The van der Waals surface area contributed by atoms with E-state index >= 15 is 0 Å². The van der Waals surface area contributed by atoms with Gasteiger partial charge in [0.2, 0.25) is 5.95 Å². The van der Waals surface area contributed by atoms with Gasteiger partial charge < -0.3 is 10.2 Å². The van der Waals surface area contributed by atoms with Crippen LogP contribution >= 0.6 is 0 Å². The second kappa shape index (κ2) is 4.71. The lowest BCUT2D eigenvalue weighted by molar-refractivity contribution is -0.145. The SMILES string of the molecule is O=c1cc(C2CN3CCC2C3)nc2n1CCC(C(F)(F)F)N2. The zero-order valence-electron chi connectivity index (χ0n) is 11.9. The van der Waals surface area contributed by atoms with Gasteiger partial charge >= 0.3 is 6.18 Å². The number of hydrogen-bond acceptors (Lipinski definition) is 4. The molecule has 5 nitrogen and oxygen atoms in total. The molecule has 1 aromatic rings. The molecular weight excluding hydrogens is 297 g/mol. The van der Waals surface area contributed by atoms with Gasteiger partial charge in [-0.3, -0.25) is 9.36 Å². The molecule has 1 N–H and O–H groups in total. The molecule has 0 aromatic carbocycles. The first kappa shape index (κ1) is 14.0. The van der Waals surface area contributed by atoms with Crippen LogP contribution in [-0.2, 0) is 6.54 Å². The molecule has 2 fully saturated rings. The molecule has 0 saturated carbocycles. The lowest BCUT2D eigenvalue weighted by Crippen LogP contribution is -2.44. The Morgan fingerprint density at radius 3 is 2.68 bits per heavy atom. The summed E-state index contributed by atoms with van der Waals surface area (Å²) in [4.78, 5) is 18.9. The molecule has 3 aliphatic rings. The fourth-order valence-corrected chi connectivity index (χ4v) is 3.89. The van der Waals surface area contributed by atoms with Crippen molar-refractivity contribution in [2.24, 2.45) is 5.92 Å². The molecule has 0 aliphatic carbocycles. The van der Waals surface area contributed by atoms with Crippen molar-refractivity contribution in [1.29, 1.82) is 0 Å². The Morgan fingerprint density at radius 2 is 2.05 bits per heavy atom. The van der Waals surface area contributed by atoms with Crippen molar-refractivity contribution in [1.82, 2.24) is 14.5 Å². The van der Waals surface area contributed by atoms with E-state index in [0.29, 0.717) is 11.6 Å². The van der Waals surface area contributed by atoms with Crippen LogP contribution in [0.1, 0.15) is 24.5 Å². The maximum atomic E-state index is 12.9. The first-order chi connectivity index (χ1) is 10.4. The molecule has 0 spiro atoms.